The van der Waals surface area contributed by atoms with Crippen LogP contribution in [0.5, 0.6) is 5.75 Å². The van der Waals surface area contributed by atoms with Gasteiger partial charge in [-0.15, -0.1) is 0 Å². The third-order valence-electron chi connectivity index (χ3n) is 4.71. The zero-order chi connectivity index (χ0) is 18.1. The maximum absolute atomic E-state index is 9.71. The van der Waals surface area contributed by atoms with Gasteiger partial charge in [0.15, 0.2) is 0 Å². The number of anilines is 1. The quantitative estimate of drug-likeness (QED) is 0.753. The number of H-pyrrole nitrogens is 1. The van der Waals surface area contributed by atoms with Crippen molar-refractivity contribution in [1.29, 1.82) is 0 Å². The minimum absolute atomic E-state index is 0.129. The number of hydrogen-bond donors (Lipinski definition) is 2. The summed E-state index contributed by atoms with van der Waals surface area (Å²) in [5.74, 6) is 1.77. The molecule has 0 amide bonds. The third-order valence-corrected chi connectivity index (χ3v) is 4.71. The summed E-state index contributed by atoms with van der Waals surface area (Å²) < 4.78 is 5.83. The highest BCUT2D eigenvalue weighted by atomic mass is 16.5. The minimum Gasteiger partial charge on any atom is -0.491 e. The number of nitrogens with one attached hydrogen (secondary N) is 1. The van der Waals surface area contributed by atoms with E-state index in [4.69, 9.17) is 4.74 Å². The third kappa shape index (κ3) is 3.37. The lowest BCUT2D eigenvalue weighted by molar-refractivity contribution is 0.145. The van der Waals surface area contributed by atoms with Crippen LogP contribution in [0.3, 0.4) is 0 Å². The van der Waals surface area contributed by atoms with Crippen LogP contribution in [0.4, 0.5) is 5.82 Å². The van der Waals surface area contributed by atoms with Gasteiger partial charge in [0.05, 0.1) is 17.7 Å². The van der Waals surface area contributed by atoms with Gasteiger partial charge in [-0.05, 0) is 57.0 Å². The first kappa shape index (κ1) is 16.8. The molecular formula is C20H24N4O2. The van der Waals surface area contributed by atoms with Crippen LogP contribution in [0.2, 0.25) is 0 Å². The van der Waals surface area contributed by atoms with Crippen molar-refractivity contribution in [3.05, 3.63) is 36.5 Å². The van der Waals surface area contributed by atoms with Gasteiger partial charge in [-0.3, -0.25) is 5.10 Å². The average molecular weight is 352 g/mol. The SMILES string of the molecule is CC(C)Oc1ccc2[nH]nc(-c3ccnc(N4CCC(O)CC4)c3)c2c1. The number of hydrogen-bond acceptors (Lipinski definition) is 5. The van der Waals surface area contributed by atoms with Crippen LogP contribution >= 0.6 is 0 Å². The predicted octanol–water partition coefficient (Wildman–Crippen LogP) is 3.37. The Bertz CT molecular complexity index is 898. The van der Waals surface area contributed by atoms with E-state index < -0.39 is 0 Å². The summed E-state index contributed by atoms with van der Waals surface area (Å²) in [7, 11) is 0. The van der Waals surface area contributed by atoms with E-state index in [1.54, 1.807) is 0 Å². The second-order valence-electron chi connectivity index (χ2n) is 7.07. The number of aliphatic hydroxyl groups is 1. The van der Waals surface area contributed by atoms with Crippen molar-refractivity contribution >= 4 is 16.7 Å². The van der Waals surface area contributed by atoms with E-state index in [2.05, 4.69) is 26.1 Å². The maximum atomic E-state index is 9.71. The van der Waals surface area contributed by atoms with Gasteiger partial charge in [-0.25, -0.2) is 4.98 Å². The van der Waals surface area contributed by atoms with Crippen molar-refractivity contribution in [2.75, 3.05) is 18.0 Å². The van der Waals surface area contributed by atoms with E-state index in [0.29, 0.717) is 0 Å². The Morgan fingerprint density at radius 3 is 2.77 bits per heavy atom. The maximum Gasteiger partial charge on any atom is 0.129 e. The van der Waals surface area contributed by atoms with E-state index >= 15 is 0 Å². The predicted molar refractivity (Wildman–Crippen MR) is 103 cm³/mol. The van der Waals surface area contributed by atoms with E-state index in [9.17, 15) is 5.11 Å². The lowest BCUT2D eigenvalue weighted by Gasteiger charge is -2.30. The van der Waals surface area contributed by atoms with Gasteiger partial charge in [-0.1, -0.05) is 0 Å². The Morgan fingerprint density at radius 2 is 2.00 bits per heavy atom. The molecule has 4 rings (SSSR count). The van der Waals surface area contributed by atoms with Gasteiger partial charge in [0, 0.05) is 30.2 Å². The Hall–Kier alpha value is -2.60. The molecule has 6 heteroatoms. The Labute approximate surface area is 152 Å². The normalized spacial score (nSPS) is 15.8. The number of piperidine rings is 1. The highest BCUT2D eigenvalue weighted by Gasteiger charge is 2.19. The number of fused-ring (bicyclic) bond motifs is 1. The Balaban J connectivity index is 1.68. The zero-order valence-corrected chi connectivity index (χ0v) is 15.1. The van der Waals surface area contributed by atoms with Gasteiger partial charge in [0.1, 0.15) is 17.3 Å². The van der Waals surface area contributed by atoms with E-state index in [0.717, 1.165) is 59.7 Å². The highest BCUT2D eigenvalue weighted by molar-refractivity contribution is 5.94. The van der Waals surface area contributed by atoms with Crippen molar-refractivity contribution in [2.45, 2.75) is 38.9 Å². The van der Waals surface area contributed by atoms with Crippen LogP contribution in [0.1, 0.15) is 26.7 Å². The molecule has 6 nitrogen and oxygen atoms in total. The zero-order valence-electron chi connectivity index (χ0n) is 15.1. The standard InChI is InChI=1S/C20H24N4O2/c1-13(2)26-16-3-4-18-17(12-16)20(23-22-18)14-5-8-21-19(11-14)24-9-6-15(25)7-10-24/h3-5,8,11-13,15,25H,6-7,9-10H2,1-2H3,(H,22,23). The largest absolute Gasteiger partial charge is 0.491 e. The number of aromatic amines is 1. The second-order valence-corrected chi connectivity index (χ2v) is 7.07. The molecule has 3 heterocycles. The summed E-state index contributed by atoms with van der Waals surface area (Å²) >= 11 is 0. The number of aromatic nitrogens is 3. The van der Waals surface area contributed by atoms with Gasteiger partial charge >= 0.3 is 0 Å². The molecule has 2 N–H and O–H groups in total. The molecule has 0 aliphatic carbocycles. The number of nitrogens with zero attached hydrogens (tertiary/aromatic N) is 3. The number of ether oxygens (including phenoxy) is 1. The average Bonchev–Trinajstić information content (AvgIpc) is 3.05. The lowest BCUT2D eigenvalue weighted by atomic mass is 10.1. The molecule has 1 saturated heterocycles. The van der Waals surface area contributed by atoms with Crippen LogP contribution in [0, 0.1) is 0 Å². The number of aliphatic hydroxyl groups excluding tert-OH is 1. The van der Waals surface area contributed by atoms with Gasteiger partial charge in [0.2, 0.25) is 0 Å². The van der Waals surface area contributed by atoms with Gasteiger partial charge < -0.3 is 14.7 Å². The van der Waals surface area contributed by atoms with Crippen molar-refractivity contribution < 1.29 is 9.84 Å². The number of benzene rings is 1. The molecule has 26 heavy (non-hydrogen) atoms. The van der Waals surface area contributed by atoms with Gasteiger partial charge in [0.25, 0.3) is 0 Å². The summed E-state index contributed by atoms with van der Waals surface area (Å²) in [6.45, 7) is 5.69. The molecule has 0 bridgehead atoms. The molecule has 2 aromatic heterocycles. The molecule has 1 aliphatic heterocycles. The van der Waals surface area contributed by atoms with Crippen molar-refractivity contribution in [3.63, 3.8) is 0 Å². The van der Waals surface area contributed by atoms with Gasteiger partial charge in [-0.2, -0.15) is 5.10 Å². The molecule has 0 saturated carbocycles. The molecular weight excluding hydrogens is 328 g/mol. The molecule has 1 aromatic carbocycles. The fourth-order valence-corrected chi connectivity index (χ4v) is 3.39. The van der Waals surface area contributed by atoms with Crippen LogP contribution in [-0.2, 0) is 0 Å². The molecule has 0 spiro atoms. The smallest absolute Gasteiger partial charge is 0.129 e. The fraction of sp³-hybridized carbons (Fsp3) is 0.400. The molecule has 0 unspecified atom stereocenters. The second kappa shape index (κ2) is 6.96. The summed E-state index contributed by atoms with van der Waals surface area (Å²) in [5, 5.41) is 18.4. The molecule has 0 radical (unpaired) electrons. The summed E-state index contributed by atoms with van der Waals surface area (Å²) in [6.07, 6.45) is 3.33. The number of pyridine rings is 1. The van der Waals surface area contributed by atoms with Crippen molar-refractivity contribution in [3.8, 4) is 17.0 Å². The molecule has 136 valence electrons. The molecule has 3 aromatic rings. The monoisotopic (exact) mass is 352 g/mol. The molecule has 1 fully saturated rings. The van der Waals surface area contributed by atoms with E-state index in [-0.39, 0.29) is 12.2 Å². The van der Waals surface area contributed by atoms with E-state index in [1.807, 2.05) is 44.3 Å². The lowest BCUT2D eigenvalue weighted by Crippen LogP contribution is -2.36. The minimum atomic E-state index is -0.191. The molecule has 1 aliphatic rings. The van der Waals surface area contributed by atoms with Crippen LogP contribution in [-0.4, -0.2) is 45.6 Å². The molecule has 0 atom stereocenters. The van der Waals surface area contributed by atoms with Crippen LogP contribution in [0.25, 0.3) is 22.2 Å². The van der Waals surface area contributed by atoms with E-state index in [1.165, 1.54) is 0 Å². The fourth-order valence-electron chi connectivity index (χ4n) is 3.39. The highest BCUT2D eigenvalue weighted by Crippen LogP contribution is 2.31. The summed E-state index contributed by atoms with van der Waals surface area (Å²) in [5.41, 5.74) is 2.90. The Kier molecular flexibility index (Phi) is 4.51. The van der Waals surface area contributed by atoms with Crippen LogP contribution < -0.4 is 9.64 Å². The summed E-state index contributed by atoms with van der Waals surface area (Å²) in [4.78, 5) is 6.74. The summed E-state index contributed by atoms with van der Waals surface area (Å²) in [6, 6.07) is 10.0. The first-order valence-corrected chi connectivity index (χ1v) is 9.14. The van der Waals surface area contributed by atoms with Crippen LogP contribution in [0.15, 0.2) is 36.5 Å². The first-order valence-electron chi connectivity index (χ1n) is 9.14. The Morgan fingerprint density at radius 1 is 1.19 bits per heavy atom. The van der Waals surface area contributed by atoms with Crippen molar-refractivity contribution in [2.24, 2.45) is 0 Å². The number of rotatable bonds is 4. The first-order chi connectivity index (χ1) is 12.6. The van der Waals surface area contributed by atoms with Crippen molar-refractivity contribution in [1.82, 2.24) is 15.2 Å². The topological polar surface area (TPSA) is 74.3 Å².